The Morgan fingerprint density at radius 3 is 2.74 bits per heavy atom. The molecule has 1 aliphatic rings. The van der Waals surface area contributed by atoms with Crippen molar-refractivity contribution >= 4 is 38.1 Å². The number of amides is 1. The van der Waals surface area contributed by atoms with E-state index in [4.69, 9.17) is 0 Å². The van der Waals surface area contributed by atoms with E-state index in [1.54, 1.807) is 25.1 Å². The maximum absolute atomic E-state index is 12.7. The molecule has 0 spiro atoms. The number of sulfonamides is 1. The molecule has 162 valence electrons. The minimum Gasteiger partial charge on any atom is -0.298 e. The fraction of sp³-hybridized carbons (Fsp3) is 0.273. The van der Waals surface area contributed by atoms with Crippen molar-refractivity contribution in [3.05, 3.63) is 76.3 Å². The minimum atomic E-state index is -3.40. The highest BCUT2D eigenvalue weighted by atomic mass is 32.2. The maximum Gasteiger partial charge on any atom is 0.257 e. The summed E-state index contributed by atoms with van der Waals surface area (Å²) >= 11 is 1.49. The second kappa shape index (κ2) is 9.17. The van der Waals surface area contributed by atoms with E-state index in [0.717, 1.165) is 31.7 Å². The Morgan fingerprint density at radius 1 is 1.16 bits per heavy atom. The number of carbonyl (C=O) groups is 1. The van der Waals surface area contributed by atoms with Gasteiger partial charge in [0.25, 0.3) is 5.91 Å². The van der Waals surface area contributed by atoms with E-state index in [1.165, 1.54) is 27.8 Å². The van der Waals surface area contributed by atoms with Crippen molar-refractivity contribution in [2.75, 3.05) is 22.3 Å². The third-order valence-electron chi connectivity index (χ3n) is 5.06. The summed E-state index contributed by atoms with van der Waals surface area (Å²) in [5.41, 5.74) is 3.05. The Bertz CT molecular complexity index is 1180. The molecule has 2 N–H and O–H groups in total. The average Bonchev–Trinajstić information content (AvgIpc) is 3.16. The molecule has 0 radical (unpaired) electrons. The summed E-state index contributed by atoms with van der Waals surface area (Å²) in [6.45, 7) is 4.19. The first-order valence-corrected chi connectivity index (χ1v) is 12.6. The van der Waals surface area contributed by atoms with Crippen molar-refractivity contribution in [2.24, 2.45) is 0 Å². The lowest BCUT2D eigenvalue weighted by Gasteiger charge is -2.25. The Labute approximate surface area is 186 Å². The minimum absolute atomic E-state index is 0.0324. The first kappa shape index (κ1) is 21.5. The lowest BCUT2D eigenvalue weighted by atomic mass is 10.1. The van der Waals surface area contributed by atoms with Crippen LogP contribution in [0.4, 0.5) is 10.8 Å². The van der Waals surface area contributed by atoms with Crippen LogP contribution in [0, 0.1) is 0 Å². The van der Waals surface area contributed by atoms with E-state index in [-0.39, 0.29) is 11.7 Å². The Balaban J connectivity index is 1.42. The number of thiazole rings is 1. The summed E-state index contributed by atoms with van der Waals surface area (Å²) in [6, 6.07) is 16.8. The second-order valence-electron chi connectivity index (χ2n) is 7.38. The Hall–Kier alpha value is -2.75. The van der Waals surface area contributed by atoms with Gasteiger partial charge in [0, 0.05) is 42.2 Å². The highest BCUT2D eigenvalue weighted by Gasteiger charge is 2.22. The van der Waals surface area contributed by atoms with E-state index < -0.39 is 10.0 Å². The molecule has 2 heterocycles. The molecule has 4 rings (SSSR count). The van der Waals surface area contributed by atoms with Crippen LogP contribution in [0.3, 0.4) is 0 Å². The molecule has 0 fully saturated rings. The Kier molecular flexibility index (Phi) is 6.35. The van der Waals surface area contributed by atoms with Gasteiger partial charge in [0.2, 0.25) is 10.0 Å². The van der Waals surface area contributed by atoms with Crippen LogP contribution in [0.25, 0.3) is 0 Å². The molecule has 0 saturated carbocycles. The van der Waals surface area contributed by atoms with Crippen LogP contribution in [-0.2, 0) is 29.5 Å². The van der Waals surface area contributed by atoms with Gasteiger partial charge in [-0.3, -0.25) is 19.7 Å². The van der Waals surface area contributed by atoms with Gasteiger partial charge in [0.05, 0.1) is 11.4 Å². The number of fused-ring (bicyclic) bond motifs is 1. The first-order chi connectivity index (χ1) is 14.9. The van der Waals surface area contributed by atoms with Gasteiger partial charge in [-0.05, 0) is 30.7 Å². The van der Waals surface area contributed by atoms with Crippen molar-refractivity contribution in [3.63, 3.8) is 0 Å². The van der Waals surface area contributed by atoms with Crippen molar-refractivity contribution < 1.29 is 13.2 Å². The van der Waals surface area contributed by atoms with E-state index in [2.05, 4.69) is 32.1 Å². The zero-order valence-electron chi connectivity index (χ0n) is 17.2. The molecule has 3 aromatic rings. The third-order valence-corrected chi connectivity index (χ3v) is 7.36. The van der Waals surface area contributed by atoms with Gasteiger partial charge >= 0.3 is 0 Å². The van der Waals surface area contributed by atoms with E-state index in [0.29, 0.717) is 16.4 Å². The Morgan fingerprint density at radius 2 is 1.97 bits per heavy atom. The summed E-state index contributed by atoms with van der Waals surface area (Å²) in [7, 11) is -3.40. The molecule has 1 amide bonds. The fourth-order valence-electron chi connectivity index (χ4n) is 3.42. The predicted molar refractivity (Wildman–Crippen MR) is 124 cm³/mol. The van der Waals surface area contributed by atoms with E-state index in [9.17, 15) is 13.2 Å². The first-order valence-electron chi connectivity index (χ1n) is 10.1. The van der Waals surface area contributed by atoms with Crippen LogP contribution in [0.2, 0.25) is 0 Å². The van der Waals surface area contributed by atoms with Crippen LogP contribution < -0.4 is 10.0 Å². The molecule has 0 bridgehead atoms. The molecule has 9 heteroatoms. The summed E-state index contributed by atoms with van der Waals surface area (Å²) in [5, 5.41) is 3.42. The van der Waals surface area contributed by atoms with Gasteiger partial charge in [0.1, 0.15) is 0 Å². The number of nitrogens with one attached hydrogen (secondary N) is 2. The molecule has 0 saturated heterocycles. The van der Waals surface area contributed by atoms with Gasteiger partial charge in [-0.25, -0.2) is 13.4 Å². The predicted octanol–water partition coefficient (Wildman–Crippen LogP) is 3.72. The fourth-order valence-corrected chi connectivity index (χ4v) is 5.10. The molecule has 0 unspecified atom stereocenters. The van der Waals surface area contributed by atoms with Crippen LogP contribution in [0.5, 0.6) is 0 Å². The molecular formula is C22H24N4O3S2. The average molecular weight is 457 g/mol. The second-order valence-corrected chi connectivity index (χ2v) is 10.5. The molecule has 1 aromatic heterocycles. The van der Waals surface area contributed by atoms with Crippen LogP contribution in [-0.4, -0.2) is 36.5 Å². The number of benzene rings is 2. The van der Waals surface area contributed by atoms with Gasteiger partial charge < -0.3 is 0 Å². The van der Waals surface area contributed by atoms with Crippen molar-refractivity contribution in [3.8, 4) is 0 Å². The summed E-state index contributed by atoms with van der Waals surface area (Å²) < 4.78 is 26.0. The van der Waals surface area contributed by atoms with Crippen molar-refractivity contribution in [1.82, 2.24) is 9.88 Å². The van der Waals surface area contributed by atoms with Crippen LogP contribution in [0.15, 0.2) is 54.6 Å². The van der Waals surface area contributed by atoms with Gasteiger partial charge in [0.15, 0.2) is 5.13 Å². The summed E-state index contributed by atoms with van der Waals surface area (Å²) in [5.74, 6) is -0.347. The number of hydrogen-bond acceptors (Lipinski definition) is 6. The van der Waals surface area contributed by atoms with Crippen molar-refractivity contribution in [1.29, 1.82) is 0 Å². The normalized spacial score (nSPS) is 14.1. The monoisotopic (exact) mass is 456 g/mol. The smallest absolute Gasteiger partial charge is 0.257 e. The lowest BCUT2D eigenvalue weighted by Crippen LogP contribution is -2.29. The quantitative estimate of drug-likeness (QED) is 0.565. The van der Waals surface area contributed by atoms with Gasteiger partial charge in [-0.1, -0.05) is 36.4 Å². The summed E-state index contributed by atoms with van der Waals surface area (Å²) in [4.78, 5) is 20.8. The number of anilines is 2. The molecule has 0 atom stereocenters. The number of nitrogens with zero attached hydrogens (tertiary/aromatic N) is 2. The molecule has 7 nitrogen and oxygen atoms in total. The SMILES string of the molecule is CCS(=O)(=O)Nc1cccc(C(=O)Nc2nc3c(s2)CN(Cc2ccccc2)CC3)c1. The molecular weight excluding hydrogens is 432 g/mol. The zero-order chi connectivity index (χ0) is 21.8. The standard InChI is InChI=1S/C22H24N4O3S2/c1-2-31(28,29)25-18-10-6-9-17(13-18)21(27)24-22-23-19-11-12-26(15-20(19)30-22)14-16-7-4-3-5-8-16/h3-10,13,25H,2,11-12,14-15H2,1H3,(H,23,24,27). The highest BCUT2D eigenvalue weighted by molar-refractivity contribution is 7.92. The number of aromatic nitrogens is 1. The van der Waals surface area contributed by atoms with Crippen LogP contribution >= 0.6 is 11.3 Å². The number of carbonyl (C=O) groups excluding carboxylic acids is 1. The number of hydrogen-bond donors (Lipinski definition) is 2. The van der Waals surface area contributed by atoms with Crippen molar-refractivity contribution in [2.45, 2.75) is 26.4 Å². The van der Waals surface area contributed by atoms with Gasteiger partial charge in [-0.2, -0.15) is 0 Å². The topological polar surface area (TPSA) is 91.4 Å². The molecule has 31 heavy (non-hydrogen) atoms. The van der Waals surface area contributed by atoms with Gasteiger partial charge in [-0.15, -0.1) is 11.3 Å². The number of rotatable bonds is 7. The van der Waals surface area contributed by atoms with Crippen LogP contribution in [0.1, 0.15) is 33.4 Å². The molecule has 1 aliphatic heterocycles. The third kappa shape index (κ3) is 5.49. The van der Waals surface area contributed by atoms with E-state index >= 15 is 0 Å². The summed E-state index contributed by atoms with van der Waals surface area (Å²) in [6.07, 6.45) is 0.850. The lowest BCUT2D eigenvalue weighted by molar-refractivity contribution is 0.102. The maximum atomic E-state index is 12.7. The zero-order valence-corrected chi connectivity index (χ0v) is 18.8. The highest BCUT2D eigenvalue weighted by Crippen LogP contribution is 2.29. The molecule has 0 aliphatic carbocycles. The largest absolute Gasteiger partial charge is 0.298 e. The van der Waals surface area contributed by atoms with E-state index in [1.807, 2.05) is 18.2 Å². The molecule has 2 aromatic carbocycles.